The Hall–Kier alpha value is -3.58. The number of carbonyl (C=O) groups is 1. The van der Waals surface area contributed by atoms with Gasteiger partial charge in [-0.1, -0.05) is 48.5 Å². The van der Waals surface area contributed by atoms with E-state index in [1.54, 1.807) is 12.1 Å². The number of amides is 1. The number of sulfone groups is 1. The number of carbonyl (C=O) groups excluding carboxylic acids is 1. The number of anilines is 1. The number of H-pyrrole nitrogens is 1. The van der Waals surface area contributed by atoms with Gasteiger partial charge in [0.15, 0.2) is 9.84 Å². The first kappa shape index (κ1) is 18.8. The SMILES string of the molecule is CS(=O)(=O)c1ccc(NNC(=O)c2[nH]c3ccccc3c2-c2ccccc2)cc1. The molecule has 1 heterocycles. The minimum atomic E-state index is -3.27. The lowest BCUT2D eigenvalue weighted by Gasteiger charge is -2.10. The topological polar surface area (TPSA) is 91.1 Å². The predicted octanol–water partition coefficient (Wildman–Crippen LogP) is 4.00. The molecule has 0 aliphatic heterocycles. The van der Waals surface area contributed by atoms with Crippen LogP contribution in [-0.2, 0) is 9.84 Å². The molecule has 0 fully saturated rings. The average Bonchev–Trinajstić information content (AvgIpc) is 3.12. The third-order valence-corrected chi connectivity index (χ3v) is 5.73. The molecule has 4 aromatic rings. The van der Waals surface area contributed by atoms with Crippen molar-refractivity contribution in [2.45, 2.75) is 4.90 Å². The molecule has 0 bridgehead atoms. The molecule has 0 aliphatic rings. The molecular formula is C22H19N3O3S. The molecule has 3 N–H and O–H groups in total. The standard InChI is InChI=1S/C22H19N3O3S/c1-29(27,28)17-13-11-16(12-14-17)24-25-22(26)21-20(15-7-3-2-4-8-15)18-9-5-6-10-19(18)23-21/h2-14,23-24H,1H3,(H,25,26). The van der Waals surface area contributed by atoms with Gasteiger partial charge in [0.05, 0.1) is 10.6 Å². The summed E-state index contributed by atoms with van der Waals surface area (Å²) < 4.78 is 23.1. The van der Waals surface area contributed by atoms with E-state index in [9.17, 15) is 13.2 Å². The molecule has 0 atom stereocenters. The number of hydrazine groups is 1. The fourth-order valence-electron chi connectivity index (χ4n) is 3.19. The maximum Gasteiger partial charge on any atom is 0.286 e. The number of nitrogens with one attached hydrogen (secondary N) is 3. The van der Waals surface area contributed by atoms with Crippen LogP contribution in [-0.4, -0.2) is 25.6 Å². The van der Waals surface area contributed by atoms with Crippen LogP contribution >= 0.6 is 0 Å². The van der Waals surface area contributed by atoms with E-state index in [-0.39, 0.29) is 10.8 Å². The molecule has 6 nitrogen and oxygen atoms in total. The van der Waals surface area contributed by atoms with Crippen molar-refractivity contribution in [2.24, 2.45) is 0 Å². The van der Waals surface area contributed by atoms with Gasteiger partial charge in [0.1, 0.15) is 5.69 Å². The summed E-state index contributed by atoms with van der Waals surface area (Å²) in [6.07, 6.45) is 1.15. The number of hydrogen-bond donors (Lipinski definition) is 3. The second kappa shape index (κ2) is 7.44. The molecule has 0 aliphatic carbocycles. The molecule has 1 aromatic heterocycles. The molecule has 0 saturated carbocycles. The Morgan fingerprint density at radius 3 is 2.21 bits per heavy atom. The Kier molecular flexibility index (Phi) is 4.82. The highest BCUT2D eigenvalue weighted by Crippen LogP contribution is 2.32. The first-order valence-electron chi connectivity index (χ1n) is 8.96. The zero-order valence-corrected chi connectivity index (χ0v) is 16.5. The summed E-state index contributed by atoms with van der Waals surface area (Å²) in [6.45, 7) is 0. The highest BCUT2D eigenvalue weighted by molar-refractivity contribution is 7.90. The second-order valence-electron chi connectivity index (χ2n) is 6.66. The van der Waals surface area contributed by atoms with Crippen molar-refractivity contribution < 1.29 is 13.2 Å². The van der Waals surface area contributed by atoms with E-state index < -0.39 is 9.84 Å². The Morgan fingerprint density at radius 2 is 1.52 bits per heavy atom. The lowest BCUT2D eigenvalue weighted by atomic mass is 10.0. The highest BCUT2D eigenvalue weighted by atomic mass is 32.2. The summed E-state index contributed by atoms with van der Waals surface area (Å²) in [5, 5.41) is 0.960. The average molecular weight is 405 g/mol. The van der Waals surface area contributed by atoms with E-state index in [0.717, 1.165) is 28.3 Å². The molecule has 1 amide bonds. The van der Waals surface area contributed by atoms with Crippen molar-refractivity contribution in [2.75, 3.05) is 11.7 Å². The number of aromatic nitrogens is 1. The Balaban J connectivity index is 1.62. The third kappa shape index (κ3) is 3.86. The van der Waals surface area contributed by atoms with Crippen LogP contribution < -0.4 is 10.9 Å². The van der Waals surface area contributed by atoms with Gasteiger partial charge in [-0.2, -0.15) is 0 Å². The minimum absolute atomic E-state index is 0.219. The van der Waals surface area contributed by atoms with Gasteiger partial charge in [-0.3, -0.25) is 15.6 Å². The Bertz CT molecular complexity index is 1280. The van der Waals surface area contributed by atoms with Gasteiger partial charge < -0.3 is 4.98 Å². The maximum atomic E-state index is 12.9. The number of hydrogen-bond acceptors (Lipinski definition) is 4. The lowest BCUT2D eigenvalue weighted by Crippen LogP contribution is -2.30. The van der Waals surface area contributed by atoms with E-state index >= 15 is 0 Å². The second-order valence-corrected chi connectivity index (χ2v) is 8.68. The molecule has 4 rings (SSSR count). The van der Waals surface area contributed by atoms with Crippen LogP contribution in [0.4, 0.5) is 5.69 Å². The van der Waals surface area contributed by atoms with E-state index in [1.165, 1.54) is 12.1 Å². The molecule has 0 unspecified atom stereocenters. The fourth-order valence-corrected chi connectivity index (χ4v) is 3.82. The van der Waals surface area contributed by atoms with Crippen molar-refractivity contribution >= 4 is 32.3 Å². The van der Waals surface area contributed by atoms with E-state index in [1.807, 2.05) is 54.6 Å². The summed E-state index contributed by atoms with van der Waals surface area (Å²) in [5.74, 6) is -0.327. The summed E-state index contributed by atoms with van der Waals surface area (Å²) in [4.78, 5) is 16.3. The molecule has 7 heteroatoms. The quantitative estimate of drug-likeness (QED) is 0.438. The van der Waals surface area contributed by atoms with Crippen LogP contribution in [0, 0.1) is 0 Å². The van der Waals surface area contributed by atoms with Crippen molar-refractivity contribution in [3.05, 3.63) is 84.6 Å². The van der Waals surface area contributed by atoms with Crippen LogP contribution in [0.3, 0.4) is 0 Å². The molecule has 3 aromatic carbocycles. The van der Waals surface area contributed by atoms with Gasteiger partial charge in [-0.05, 0) is 35.9 Å². The number of benzene rings is 3. The number of aromatic amines is 1. The molecule has 29 heavy (non-hydrogen) atoms. The summed E-state index contributed by atoms with van der Waals surface area (Å²) in [6, 6.07) is 23.6. The smallest absolute Gasteiger partial charge is 0.286 e. The normalized spacial score (nSPS) is 11.3. The zero-order chi connectivity index (χ0) is 20.4. The van der Waals surface area contributed by atoms with E-state index in [0.29, 0.717) is 11.4 Å². The molecule has 0 saturated heterocycles. The van der Waals surface area contributed by atoms with Crippen LogP contribution in [0.25, 0.3) is 22.0 Å². The number of rotatable bonds is 5. The summed E-state index contributed by atoms with van der Waals surface area (Å²) in [5.41, 5.74) is 9.15. The highest BCUT2D eigenvalue weighted by Gasteiger charge is 2.19. The molecular weight excluding hydrogens is 386 g/mol. The van der Waals surface area contributed by atoms with Crippen LogP contribution in [0.15, 0.2) is 83.8 Å². The summed E-state index contributed by atoms with van der Waals surface area (Å²) >= 11 is 0. The van der Waals surface area contributed by atoms with Crippen molar-refractivity contribution in [1.29, 1.82) is 0 Å². The molecule has 146 valence electrons. The van der Waals surface area contributed by atoms with Gasteiger partial charge in [0.25, 0.3) is 5.91 Å². The minimum Gasteiger partial charge on any atom is -0.350 e. The fraction of sp³-hybridized carbons (Fsp3) is 0.0455. The van der Waals surface area contributed by atoms with Gasteiger partial charge in [-0.15, -0.1) is 0 Å². The van der Waals surface area contributed by atoms with E-state index in [2.05, 4.69) is 15.8 Å². The Labute approximate surface area is 168 Å². The molecule has 0 radical (unpaired) electrons. The van der Waals surface area contributed by atoms with Gasteiger partial charge in [0, 0.05) is 22.7 Å². The van der Waals surface area contributed by atoms with Crippen molar-refractivity contribution in [3.63, 3.8) is 0 Å². The first-order valence-corrected chi connectivity index (χ1v) is 10.9. The first-order chi connectivity index (χ1) is 13.9. The van der Waals surface area contributed by atoms with Gasteiger partial charge >= 0.3 is 0 Å². The zero-order valence-electron chi connectivity index (χ0n) is 15.6. The van der Waals surface area contributed by atoms with Crippen LogP contribution in [0.5, 0.6) is 0 Å². The maximum absolute atomic E-state index is 12.9. The Morgan fingerprint density at radius 1 is 0.862 bits per heavy atom. The predicted molar refractivity (Wildman–Crippen MR) is 114 cm³/mol. The van der Waals surface area contributed by atoms with Crippen LogP contribution in [0.2, 0.25) is 0 Å². The lowest BCUT2D eigenvalue weighted by molar-refractivity contribution is 0.0959. The van der Waals surface area contributed by atoms with Crippen molar-refractivity contribution in [3.8, 4) is 11.1 Å². The number of para-hydroxylation sites is 1. The van der Waals surface area contributed by atoms with Crippen molar-refractivity contribution in [1.82, 2.24) is 10.4 Å². The third-order valence-electron chi connectivity index (χ3n) is 4.60. The number of fused-ring (bicyclic) bond motifs is 1. The molecule has 0 spiro atoms. The van der Waals surface area contributed by atoms with E-state index in [4.69, 9.17) is 0 Å². The van der Waals surface area contributed by atoms with Crippen LogP contribution in [0.1, 0.15) is 10.5 Å². The van der Waals surface area contributed by atoms with Gasteiger partial charge in [0.2, 0.25) is 0 Å². The summed E-state index contributed by atoms with van der Waals surface area (Å²) in [7, 11) is -3.27. The monoisotopic (exact) mass is 405 g/mol. The largest absolute Gasteiger partial charge is 0.350 e. The van der Waals surface area contributed by atoms with Gasteiger partial charge in [-0.25, -0.2) is 8.42 Å².